The molecular weight excluding hydrogens is 204 g/mol. The molecule has 0 saturated heterocycles. The van der Waals surface area contributed by atoms with Crippen molar-refractivity contribution in [2.24, 2.45) is 0 Å². The lowest BCUT2D eigenvalue weighted by Gasteiger charge is -2.16. The molecule has 14 heavy (non-hydrogen) atoms. The molecule has 0 aliphatic heterocycles. The monoisotopic (exact) mass is 220 g/mol. The first kappa shape index (κ1) is 13.4. The van der Waals surface area contributed by atoms with Gasteiger partial charge in [0.2, 0.25) is 10.0 Å². The number of nitrogens with zero attached hydrogens (tertiary/aromatic N) is 2. The maximum atomic E-state index is 11.5. The van der Waals surface area contributed by atoms with Gasteiger partial charge in [-0.05, 0) is 6.92 Å². The third-order valence-electron chi connectivity index (χ3n) is 1.68. The zero-order chi connectivity index (χ0) is 11.0. The zero-order valence-corrected chi connectivity index (χ0v) is 9.38. The highest BCUT2D eigenvalue weighted by Crippen LogP contribution is 2.00. The van der Waals surface area contributed by atoms with E-state index in [4.69, 9.17) is 10.00 Å². The second-order valence-corrected chi connectivity index (χ2v) is 4.69. The first-order valence-electron chi connectivity index (χ1n) is 4.51. The molecule has 0 aliphatic carbocycles. The lowest BCUT2D eigenvalue weighted by Crippen LogP contribution is -2.34. The highest BCUT2D eigenvalue weighted by Gasteiger charge is 2.19. The van der Waals surface area contributed by atoms with E-state index >= 15 is 0 Å². The Morgan fingerprint density at radius 1 is 1.43 bits per heavy atom. The molecule has 0 heterocycles. The molecule has 0 radical (unpaired) electrons. The van der Waals surface area contributed by atoms with Crippen LogP contribution in [0.2, 0.25) is 0 Å². The average Bonchev–Trinajstić information content (AvgIpc) is 2.14. The highest BCUT2D eigenvalue weighted by atomic mass is 32.2. The van der Waals surface area contributed by atoms with Crippen LogP contribution in [0.3, 0.4) is 0 Å². The smallest absolute Gasteiger partial charge is 0.217 e. The van der Waals surface area contributed by atoms with E-state index < -0.39 is 10.0 Å². The molecule has 0 rings (SSSR count). The zero-order valence-electron chi connectivity index (χ0n) is 8.56. The molecule has 0 spiro atoms. The van der Waals surface area contributed by atoms with E-state index in [1.54, 1.807) is 13.8 Å². The minimum Gasteiger partial charge on any atom is -0.381 e. The lowest BCUT2D eigenvalue weighted by molar-refractivity contribution is 0.162. The van der Waals surface area contributed by atoms with Crippen molar-refractivity contribution in [1.82, 2.24) is 4.31 Å². The summed E-state index contributed by atoms with van der Waals surface area (Å²) in [6.45, 7) is 4.42. The van der Waals surface area contributed by atoms with Crippen LogP contribution in [-0.2, 0) is 14.8 Å². The Labute approximate surface area is 85.3 Å². The Hall–Kier alpha value is -0.640. The first-order chi connectivity index (χ1) is 6.58. The van der Waals surface area contributed by atoms with Gasteiger partial charge in [0.1, 0.15) is 6.54 Å². The van der Waals surface area contributed by atoms with Gasteiger partial charge in [0.15, 0.2) is 0 Å². The van der Waals surface area contributed by atoms with E-state index in [-0.39, 0.29) is 18.9 Å². The average molecular weight is 220 g/mol. The molecule has 82 valence electrons. The topological polar surface area (TPSA) is 70.4 Å². The van der Waals surface area contributed by atoms with Crippen LogP contribution in [0.4, 0.5) is 0 Å². The van der Waals surface area contributed by atoms with Gasteiger partial charge in [-0.15, -0.1) is 0 Å². The molecule has 0 amide bonds. The summed E-state index contributed by atoms with van der Waals surface area (Å²) >= 11 is 0. The fourth-order valence-electron chi connectivity index (χ4n) is 0.923. The molecule has 0 N–H and O–H groups in total. The predicted molar refractivity (Wildman–Crippen MR) is 53.1 cm³/mol. The molecule has 6 heteroatoms. The minimum atomic E-state index is -3.32. The van der Waals surface area contributed by atoms with Crippen LogP contribution in [0.5, 0.6) is 0 Å². The first-order valence-corrected chi connectivity index (χ1v) is 6.11. The number of hydrogen-bond acceptors (Lipinski definition) is 4. The van der Waals surface area contributed by atoms with Crippen molar-refractivity contribution in [2.75, 3.05) is 32.1 Å². The number of nitriles is 1. The van der Waals surface area contributed by atoms with Crippen LogP contribution in [0.1, 0.15) is 13.8 Å². The summed E-state index contributed by atoms with van der Waals surface area (Å²) in [7, 11) is -3.32. The van der Waals surface area contributed by atoms with E-state index in [0.717, 1.165) is 4.31 Å². The largest absolute Gasteiger partial charge is 0.381 e. The van der Waals surface area contributed by atoms with E-state index in [9.17, 15) is 8.42 Å². The Morgan fingerprint density at radius 2 is 2.07 bits per heavy atom. The number of ether oxygens (including phenoxy) is 1. The normalized spacial score (nSPS) is 11.6. The minimum absolute atomic E-state index is 0.0592. The van der Waals surface area contributed by atoms with E-state index in [1.807, 2.05) is 6.07 Å². The molecular formula is C8H16N2O3S. The van der Waals surface area contributed by atoms with Crippen LogP contribution in [-0.4, -0.2) is 44.8 Å². The van der Waals surface area contributed by atoms with E-state index in [2.05, 4.69) is 0 Å². The second kappa shape index (κ2) is 6.76. The number of rotatable bonds is 7. The Balaban J connectivity index is 4.21. The van der Waals surface area contributed by atoms with Crippen LogP contribution >= 0.6 is 0 Å². The second-order valence-electron chi connectivity index (χ2n) is 2.60. The van der Waals surface area contributed by atoms with Gasteiger partial charge in [-0.2, -0.15) is 9.57 Å². The third-order valence-corrected chi connectivity index (χ3v) is 3.54. The Kier molecular flexibility index (Phi) is 6.45. The SMILES string of the molecule is CCOCCS(=O)(=O)N(CC)CC#N. The summed E-state index contributed by atoms with van der Waals surface area (Å²) in [6.07, 6.45) is 0. The van der Waals surface area contributed by atoms with Gasteiger partial charge in [0, 0.05) is 13.2 Å². The summed E-state index contributed by atoms with van der Waals surface area (Å²) in [6, 6.07) is 1.82. The Morgan fingerprint density at radius 3 is 2.50 bits per heavy atom. The maximum Gasteiger partial charge on any atom is 0.217 e. The van der Waals surface area contributed by atoms with Crippen molar-refractivity contribution in [3.05, 3.63) is 0 Å². The molecule has 0 bridgehead atoms. The molecule has 0 atom stereocenters. The summed E-state index contributed by atoms with van der Waals surface area (Å²) < 4.78 is 29.1. The van der Waals surface area contributed by atoms with E-state index in [1.165, 1.54) is 0 Å². The molecule has 0 aromatic heterocycles. The number of hydrogen-bond donors (Lipinski definition) is 0. The predicted octanol–water partition coefficient (Wildman–Crippen LogP) is 0.198. The Bertz CT molecular complexity index is 281. The van der Waals surface area contributed by atoms with Gasteiger partial charge in [-0.1, -0.05) is 6.92 Å². The van der Waals surface area contributed by atoms with Crippen LogP contribution in [0, 0.1) is 11.3 Å². The van der Waals surface area contributed by atoms with Crippen molar-refractivity contribution in [2.45, 2.75) is 13.8 Å². The third kappa shape index (κ3) is 4.56. The molecule has 0 fully saturated rings. The van der Waals surface area contributed by atoms with Crippen molar-refractivity contribution >= 4 is 10.0 Å². The van der Waals surface area contributed by atoms with Gasteiger partial charge in [0.25, 0.3) is 0 Å². The van der Waals surface area contributed by atoms with Gasteiger partial charge < -0.3 is 4.74 Å². The maximum absolute atomic E-state index is 11.5. The summed E-state index contributed by atoms with van der Waals surface area (Å²) in [5.41, 5.74) is 0. The van der Waals surface area contributed by atoms with Gasteiger partial charge in [-0.25, -0.2) is 8.42 Å². The lowest BCUT2D eigenvalue weighted by atomic mass is 10.6. The molecule has 5 nitrogen and oxygen atoms in total. The van der Waals surface area contributed by atoms with Gasteiger partial charge in [-0.3, -0.25) is 0 Å². The molecule has 0 aromatic rings. The van der Waals surface area contributed by atoms with E-state index in [0.29, 0.717) is 13.2 Å². The van der Waals surface area contributed by atoms with Gasteiger partial charge >= 0.3 is 0 Å². The van der Waals surface area contributed by atoms with Crippen LogP contribution < -0.4 is 0 Å². The quantitative estimate of drug-likeness (QED) is 0.454. The van der Waals surface area contributed by atoms with Crippen LogP contribution in [0.15, 0.2) is 0 Å². The molecule has 0 unspecified atom stereocenters. The number of sulfonamides is 1. The fourth-order valence-corrected chi connectivity index (χ4v) is 2.16. The van der Waals surface area contributed by atoms with Crippen molar-refractivity contribution in [1.29, 1.82) is 5.26 Å². The van der Waals surface area contributed by atoms with Crippen molar-refractivity contribution in [3.8, 4) is 6.07 Å². The van der Waals surface area contributed by atoms with Crippen molar-refractivity contribution < 1.29 is 13.2 Å². The summed E-state index contributed by atoms with van der Waals surface area (Å²) in [4.78, 5) is 0. The summed E-state index contributed by atoms with van der Waals surface area (Å²) in [5.74, 6) is -0.0592. The fraction of sp³-hybridized carbons (Fsp3) is 0.875. The standard InChI is InChI=1S/C8H16N2O3S/c1-3-10(6-5-9)14(11,12)8-7-13-4-2/h3-4,6-8H2,1-2H3. The highest BCUT2D eigenvalue weighted by molar-refractivity contribution is 7.89. The molecule has 0 saturated carbocycles. The summed E-state index contributed by atoms with van der Waals surface area (Å²) in [5, 5.41) is 8.42. The van der Waals surface area contributed by atoms with Gasteiger partial charge in [0.05, 0.1) is 18.4 Å². The van der Waals surface area contributed by atoms with Crippen molar-refractivity contribution in [3.63, 3.8) is 0 Å². The van der Waals surface area contributed by atoms with Crippen LogP contribution in [0.25, 0.3) is 0 Å². The molecule has 0 aromatic carbocycles. The molecule has 0 aliphatic rings.